The van der Waals surface area contributed by atoms with Crippen molar-refractivity contribution < 1.29 is 8.42 Å². The van der Waals surface area contributed by atoms with Gasteiger partial charge in [0.2, 0.25) is 10.0 Å². The van der Waals surface area contributed by atoms with Crippen molar-refractivity contribution in [1.29, 1.82) is 0 Å². The monoisotopic (exact) mass is 321 g/mol. The number of sulfonamides is 1. The summed E-state index contributed by atoms with van der Waals surface area (Å²) in [5.41, 5.74) is 0.761. The molecule has 106 valence electrons. The van der Waals surface area contributed by atoms with Crippen LogP contribution in [0.25, 0.3) is 0 Å². The Labute approximate surface area is 124 Å². The predicted octanol–water partition coefficient (Wildman–Crippen LogP) is 3.64. The molecule has 1 aromatic carbocycles. The molecule has 1 unspecified atom stereocenters. The SMILES string of the molecule is CCC1CCCN1S(=O)(=O)c1cc(CCl)ccc1Cl. The number of rotatable bonds is 4. The standard InChI is InChI=1S/C13H17Cl2NO2S/c1-2-11-4-3-7-16(11)19(17,18)13-8-10(9-14)5-6-12(13)15/h5-6,8,11H,2-4,7,9H2,1H3. The summed E-state index contributed by atoms with van der Waals surface area (Å²) in [6.45, 7) is 2.58. The molecule has 1 saturated heterocycles. The molecule has 2 rings (SSSR count). The summed E-state index contributed by atoms with van der Waals surface area (Å²) in [5.74, 6) is 0.275. The van der Waals surface area contributed by atoms with Gasteiger partial charge in [0, 0.05) is 18.5 Å². The Bertz CT molecular complexity index is 560. The molecular formula is C13H17Cl2NO2S. The van der Waals surface area contributed by atoms with Crippen LogP contribution in [0, 0.1) is 0 Å². The molecule has 19 heavy (non-hydrogen) atoms. The van der Waals surface area contributed by atoms with E-state index in [1.54, 1.807) is 22.5 Å². The van der Waals surface area contributed by atoms with Crippen LogP contribution in [0.3, 0.4) is 0 Å². The minimum Gasteiger partial charge on any atom is -0.207 e. The Morgan fingerprint density at radius 1 is 1.42 bits per heavy atom. The lowest BCUT2D eigenvalue weighted by molar-refractivity contribution is 0.379. The van der Waals surface area contributed by atoms with Gasteiger partial charge in [-0.2, -0.15) is 4.31 Å². The summed E-state index contributed by atoms with van der Waals surface area (Å²) in [6, 6.07) is 5.01. The lowest BCUT2D eigenvalue weighted by Gasteiger charge is -2.23. The van der Waals surface area contributed by atoms with Crippen molar-refractivity contribution in [2.75, 3.05) is 6.54 Å². The zero-order chi connectivity index (χ0) is 14.0. The third-order valence-electron chi connectivity index (χ3n) is 3.53. The van der Waals surface area contributed by atoms with Gasteiger partial charge >= 0.3 is 0 Å². The van der Waals surface area contributed by atoms with Crippen LogP contribution in [0.5, 0.6) is 0 Å². The van der Waals surface area contributed by atoms with Crippen LogP contribution in [0.2, 0.25) is 5.02 Å². The van der Waals surface area contributed by atoms with Crippen LogP contribution in [0.1, 0.15) is 31.7 Å². The minimum atomic E-state index is -3.52. The van der Waals surface area contributed by atoms with Crippen LogP contribution < -0.4 is 0 Å². The maximum atomic E-state index is 12.7. The van der Waals surface area contributed by atoms with E-state index in [9.17, 15) is 8.42 Å². The van der Waals surface area contributed by atoms with E-state index in [2.05, 4.69) is 0 Å². The molecule has 1 atom stereocenters. The average Bonchev–Trinajstić information content (AvgIpc) is 2.88. The molecule has 0 saturated carbocycles. The van der Waals surface area contributed by atoms with Gasteiger partial charge in [-0.15, -0.1) is 11.6 Å². The molecule has 1 aromatic rings. The fourth-order valence-corrected chi connectivity index (χ4v) is 4.95. The summed E-state index contributed by atoms with van der Waals surface area (Å²) in [6.07, 6.45) is 2.65. The highest BCUT2D eigenvalue weighted by atomic mass is 35.5. The van der Waals surface area contributed by atoms with Gasteiger partial charge in [-0.25, -0.2) is 8.42 Å². The van der Waals surface area contributed by atoms with Crippen molar-refractivity contribution in [2.24, 2.45) is 0 Å². The molecule has 0 N–H and O–H groups in total. The van der Waals surface area contributed by atoms with Gasteiger partial charge in [-0.3, -0.25) is 0 Å². The number of hydrogen-bond acceptors (Lipinski definition) is 2. The van der Waals surface area contributed by atoms with Crippen molar-refractivity contribution in [3.8, 4) is 0 Å². The Morgan fingerprint density at radius 2 is 2.16 bits per heavy atom. The Hall–Kier alpha value is -0.290. The van der Waals surface area contributed by atoms with E-state index in [1.807, 2.05) is 6.92 Å². The average molecular weight is 322 g/mol. The van der Waals surface area contributed by atoms with E-state index in [0.29, 0.717) is 6.54 Å². The molecule has 0 amide bonds. The van der Waals surface area contributed by atoms with Crippen molar-refractivity contribution >= 4 is 33.2 Å². The summed E-state index contributed by atoms with van der Waals surface area (Å²) in [4.78, 5) is 0.174. The quantitative estimate of drug-likeness (QED) is 0.794. The van der Waals surface area contributed by atoms with E-state index in [0.717, 1.165) is 24.8 Å². The molecule has 6 heteroatoms. The lowest BCUT2D eigenvalue weighted by Crippen LogP contribution is -2.35. The first-order valence-corrected chi connectivity index (χ1v) is 8.72. The summed E-state index contributed by atoms with van der Waals surface area (Å²) >= 11 is 11.8. The third kappa shape index (κ3) is 2.92. The first kappa shape index (κ1) is 15.1. The smallest absolute Gasteiger partial charge is 0.207 e. The molecule has 1 heterocycles. The predicted molar refractivity (Wildman–Crippen MR) is 78.2 cm³/mol. The largest absolute Gasteiger partial charge is 0.244 e. The zero-order valence-corrected chi connectivity index (χ0v) is 13.1. The van der Waals surface area contributed by atoms with Crippen LogP contribution in [0.15, 0.2) is 23.1 Å². The van der Waals surface area contributed by atoms with E-state index >= 15 is 0 Å². The molecular weight excluding hydrogens is 305 g/mol. The molecule has 0 spiro atoms. The van der Waals surface area contributed by atoms with Crippen molar-refractivity contribution in [3.05, 3.63) is 28.8 Å². The van der Waals surface area contributed by atoms with Crippen LogP contribution in [-0.2, 0) is 15.9 Å². The fraction of sp³-hybridized carbons (Fsp3) is 0.538. The van der Waals surface area contributed by atoms with E-state index < -0.39 is 10.0 Å². The van der Waals surface area contributed by atoms with Crippen molar-refractivity contribution in [2.45, 2.75) is 43.0 Å². The highest BCUT2D eigenvalue weighted by molar-refractivity contribution is 7.89. The van der Waals surface area contributed by atoms with Crippen LogP contribution in [0.4, 0.5) is 0 Å². The van der Waals surface area contributed by atoms with Gasteiger partial charge in [-0.05, 0) is 37.0 Å². The molecule has 0 bridgehead atoms. The second-order valence-electron chi connectivity index (χ2n) is 4.72. The van der Waals surface area contributed by atoms with Crippen LogP contribution in [-0.4, -0.2) is 25.3 Å². The van der Waals surface area contributed by atoms with Gasteiger partial charge in [-0.1, -0.05) is 24.6 Å². The van der Waals surface area contributed by atoms with E-state index in [-0.39, 0.29) is 21.8 Å². The highest BCUT2D eigenvalue weighted by Gasteiger charge is 2.35. The molecule has 1 aliphatic heterocycles. The fourth-order valence-electron chi connectivity index (χ4n) is 2.49. The molecule has 1 aliphatic rings. The van der Waals surface area contributed by atoms with Gasteiger partial charge in [0.15, 0.2) is 0 Å². The first-order chi connectivity index (χ1) is 9.00. The summed E-state index contributed by atoms with van der Waals surface area (Å²) in [7, 11) is -3.52. The maximum Gasteiger partial charge on any atom is 0.244 e. The Balaban J connectivity index is 2.44. The second-order valence-corrected chi connectivity index (χ2v) is 7.25. The second kappa shape index (κ2) is 6.00. The van der Waals surface area contributed by atoms with Gasteiger partial charge in [0.25, 0.3) is 0 Å². The van der Waals surface area contributed by atoms with Gasteiger partial charge in [0.05, 0.1) is 5.02 Å². The Morgan fingerprint density at radius 3 is 2.79 bits per heavy atom. The molecule has 0 aromatic heterocycles. The third-order valence-corrected chi connectivity index (χ3v) is 6.27. The maximum absolute atomic E-state index is 12.7. The normalized spacial score (nSPS) is 20.9. The van der Waals surface area contributed by atoms with E-state index in [1.165, 1.54) is 0 Å². The number of halogens is 2. The molecule has 0 radical (unpaired) electrons. The Kier molecular flexibility index (Phi) is 4.77. The van der Waals surface area contributed by atoms with Gasteiger partial charge < -0.3 is 0 Å². The number of hydrogen-bond donors (Lipinski definition) is 0. The summed E-state index contributed by atoms with van der Waals surface area (Å²) in [5, 5.41) is 0.260. The van der Waals surface area contributed by atoms with Crippen molar-refractivity contribution in [1.82, 2.24) is 4.31 Å². The minimum absolute atomic E-state index is 0.0840. The topological polar surface area (TPSA) is 37.4 Å². The number of benzene rings is 1. The van der Waals surface area contributed by atoms with E-state index in [4.69, 9.17) is 23.2 Å². The van der Waals surface area contributed by atoms with Crippen molar-refractivity contribution in [3.63, 3.8) is 0 Å². The molecule has 1 fully saturated rings. The first-order valence-electron chi connectivity index (χ1n) is 6.37. The highest BCUT2D eigenvalue weighted by Crippen LogP contribution is 2.32. The van der Waals surface area contributed by atoms with Crippen LogP contribution >= 0.6 is 23.2 Å². The molecule has 0 aliphatic carbocycles. The lowest BCUT2D eigenvalue weighted by atomic mass is 10.2. The number of nitrogens with zero attached hydrogens (tertiary/aromatic N) is 1. The zero-order valence-electron chi connectivity index (χ0n) is 10.8. The summed E-state index contributed by atoms with van der Waals surface area (Å²) < 4.78 is 27.0. The van der Waals surface area contributed by atoms with Gasteiger partial charge in [0.1, 0.15) is 4.90 Å². The molecule has 3 nitrogen and oxygen atoms in total. The number of alkyl halides is 1.